The molecule has 0 spiro atoms. The van der Waals surface area contributed by atoms with Crippen LogP contribution in [0.4, 0.5) is 5.69 Å². The predicted molar refractivity (Wildman–Crippen MR) is 109 cm³/mol. The summed E-state index contributed by atoms with van der Waals surface area (Å²) >= 11 is 1.73. The smallest absolute Gasteiger partial charge is 0.236 e. The number of sulfonamides is 1. The average molecular weight is 393 g/mol. The summed E-state index contributed by atoms with van der Waals surface area (Å²) in [4.78, 5) is 5.46. The summed E-state index contributed by atoms with van der Waals surface area (Å²) in [6, 6.07) is 11.8. The molecular weight excluding hydrogens is 368 g/mol. The molecule has 140 valence electrons. The Morgan fingerprint density at radius 2 is 2.00 bits per heavy atom. The van der Waals surface area contributed by atoms with E-state index in [1.807, 2.05) is 30.3 Å². The van der Waals surface area contributed by atoms with Gasteiger partial charge in [-0.3, -0.25) is 9.30 Å². The Morgan fingerprint density at radius 3 is 2.77 bits per heavy atom. The first-order valence-corrected chi connectivity index (χ1v) is 11.1. The lowest BCUT2D eigenvalue weighted by Crippen LogP contribution is -2.42. The van der Waals surface area contributed by atoms with Crippen LogP contribution in [-0.2, 0) is 22.9 Å². The molecule has 0 amide bonds. The van der Waals surface area contributed by atoms with Crippen LogP contribution in [0.5, 0.6) is 0 Å². The molecule has 6 nitrogen and oxygen atoms in total. The third-order valence-electron chi connectivity index (χ3n) is 4.30. The molecule has 0 radical (unpaired) electrons. The van der Waals surface area contributed by atoms with Gasteiger partial charge in [-0.1, -0.05) is 24.3 Å². The Hall–Kier alpha value is -2.06. The van der Waals surface area contributed by atoms with E-state index in [2.05, 4.69) is 27.1 Å². The molecule has 0 saturated carbocycles. The van der Waals surface area contributed by atoms with Crippen molar-refractivity contribution >= 4 is 33.0 Å². The van der Waals surface area contributed by atoms with E-state index in [0.717, 1.165) is 30.6 Å². The molecule has 2 N–H and O–H groups in total. The first kappa shape index (κ1) is 18.7. The van der Waals surface area contributed by atoms with Crippen LogP contribution in [-0.4, -0.2) is 46.8 Å². The van der Waals surface area contributed by atoms with Crippen LogP contribution in [0.15, 0.2) is 46.8 Å². The van der Waals surface area contributed by atoms with Crippen LogP contribution in [0, 0.1) is 0 Å². The van der Waals surface area contributed by atoms with Crippen molar-refractivity contribution in [3.8, 4) is 0 Å². The van der Waals surface area contributed by atoms with Gasteiger partial charge >= 0.3 is 0 Å². The predicted octanol–water partition coefficient (Wildman–Crippen LogP) is 1.85. The summed E-state index contributed by atoms with van der Waals surface area (Å²) in [5.41, 5.74) is 1.90. The molecule has 0 fully saturated rings. The van der Waals surface area contributed by atoms with Crippen LogP contribution in [0.3, 0.4) is 0 Å². The topological polar surface area (TPSA) is 73.8 Å². The van der Waals surface area contributed by atoms with E-state index in [-0.39, 0.29) is 5.75 Å². The minimum Gasteiger partial charge on any atom is -0.356 e. The van der Waals surface area contributed by atoms with Gasteiger partial charge in [0, 0.05) is 31.6 Å². The zero-order valence-electron chi connectivity index (χ0n) is 14.8. The summed E-state index contributed by atoms with van der Waals surface area (Å²) in [5.74, 6) is 0.658. The molecule has 0 saturated heterocycles. The highest BCUT2D eigenvalue weighted by Crippen LogP contribution is 2.29. The quantitative estimate of drug-likeness (QED) is 0.557. The number of nitrogens with one attached hydrogen (secondary N) is 2. The van der Waals surface area contributed by atoms with Crippen molar-refractivity contribution in [3.05, 3.63) is 52.2 Å². The highest BCUT2D eigenvalue weighted by molar-refractivity contribution is 7.92. The van der Waals surface area contributed by atoms with E-state index in [4.69, 9.17) is 0 Å². The first-order valence-electron chi connectivity index (χ1n) is 8.65. The molecule has 0 aliphatic carbocycles. The second-order valence-electron chi connectivity index (χ2n) is 6.02. The number of fused-ring (bicyclic) bond motifs is 1. The monoisotopic (exact) mass is 392 g/mol. The van der Waals surface area contributed by atoms with E-state index < -0.39 is 10.0 Å². The Kier molecular flexibility index (Phi) is 6.16. The summed E-state index contributed by atoms with van der Waals surface area (Å²) in [7, 11) is -1.66. The number of thiophene rings is 1. The molecule has 1 aliphatic rings. The molecule has 3 rings (SSSR count). The molecule has 8 heteroatoms. The number of hydrogen-bond acceptors (Lipinski definition) is 4. The zero-order valence-corrected chi connectivity index (χ0v) is 16.4. The van der Waals surface area contributed by atoms with Gasteiger partial charge in [-0.05, 0) is 35.9 Å². The fourth-order valence-corrected chi connectivity index (χ4v) is 5.12. The normalized spacial score (nSPS) is 14.3. The lowest BCUT2D eigenvalue weighted by molar-refractivity contribution is 0.591. The van der Waals surface area contributed by atoms with Gasteiger partial charge in [-0.15, -0.1) is 11.3 Å². The molecule has 0 bridgehead atoms. The summed E-state index contributed by atoms with van der Waals surface area (Å²) < 4.78 is 26.8. The molecule has 2 heterocycles. The van der Waals surface area contributed by atoms with Crippen LogP contribution in [0.2, 0.25) is 0 Å². The number of benzene rings is 1. The lowest BCUT2D eigenvalue weighted by Gasteiger charge is -2.20. The van der Waals surface area contributed by atoms with Crippen LogP contribution in [0.1, 0.15) is 10.4 Å². The van der Waals surface area contributed by atoms with Gasteiger partial charge in [-0.25, -0.2) is 8.42 Å². The second-order valence-corrected chi connectivity index (χ2v) is 9.07. The first-order chi connectivity index (χ1) is 12.6. The molecule has 2 aromatic rings. The Morgan fingerprint density at radius 1 is 1.19 bits per heavy atom. The highest BCUT2D eigenvalue weighted by atomic mass is 32.2. The number of para-hydroxylation sites is 1. The van der Waals surface area contributed by atoms with E-state index in [1.165, 1.54) is 9.18 Å². The molecule has 26 heavy (non-hydrogen) atoms. The third-order valence-corrected chi connectivity index (χ3v) is 7.01. The van der Waals surface area contributed by atoms with Crippen LogP contribution in [0.25, 0.3) is 0 Å². The second kappa shape index (κ2) is 8.55. The molecule has 1 aliphatic heterocycles. The van der Waals surface area contributed by atoms with Gasteiger partial charge in [0.15, 0.2) is 5.96 Å². The fourth-order valence-electron chi connectivity index (χ4n) is 2.99. The maximum atomic E-state index is 12.7. The van der Waals surface area contributed by atoms with Crippen LogP contribution < -0.4 is 14.9 Å². The number of aliphatic imine (C=N–C) groups is 1. The number of rotatable bonds is 7. The Labute approximate surface area is 159 Å². The van der Waals surface area contributed by atoms with E-state index in [1.54, 1.807) is 18.4 Å². The number of hydrogen-bond donors (Lipinski definition) is 2. The van der Waals surface area contributed by atoms with Crippen molar-refractivity contribution in [2.24, 2.45) is 4.99 Å². The van der Waals surface area contributed by atoms with Gasteiger partial charge in [0.1, 0.15) is 0 Å². The van der Waals surface area contributed by atoms with Gasteiger partial charge in [0.05, 0.1) is 11.4 Å². The number of anilines is 1. The van der Waals surface area contributed by atoms with Gasteiger partial charge in [0.2, 0.25) is 10.0 Å². The van der Waals surface area contributed by atoms with Crippen molar-refractivity contribution in [2.45, 2.75) is 12.8 Å². The lowest BCUT2D eigenvalue weighted by atomic mass is 10.2. The van der Waals surface area contributed by atoms with Gasteiger partial charge < -0.3 is 10.6 Å². The van der Waals surface area contributed by atoms with Crippen molar-refractivity contribution in [2.75, 3.05) is 36.7 Å². The van der Waals surface area contributed by atoms with E-state index in [9.17, 15) is 8.42 Å². The Bertz CT molecular complexity index is 848. The third kappa shape index (κ3) is 4.56. The van der Waals surface area contributed by atoms with Crippen molar-refractivity contribution < 1.29 is 8.42 Å². The SMILES string of the molecule is CN=C(NCCc1cccs1)NCCS(=O)(=O)N1CCc2ccccc21. The molecule has 1 aromatic carbocycles. The standard InChI is InChI=1S/C18H24N4O2S2/c1-19-18(20-10-8-16-6-4-13-25-16)21-11-14-26(23,24)22-12-9-15-5-2-3-7-17(15)22/h2-7,13H,8-12,14H2,1H3,(H2,19,20,21). The molecule has 1 aromatic heterocycles. The van der Waals surface area contributed by atoms with Crippen molar-refractivity contribution in [1.82, 2.24) is 10.6 Å². The number of guanidine groups is 1. The van der Waals surface area contributed by atoms with E-state index >= 15 is 0 Å². The minimum absolute atomic E-state index is 0.0347. The summed E-state index contributed by atoms with van der Waals surface area (Å²) in [6.45, 7) is 1.60. The fraction of sp³-hybridized carbons (Fsp3) is 0.389. The van der Waals surface area contributed by atoms with Crippen LogP contribution >= 0.6 is 11.3 Å². The van der Waals surface area contributed by atoms with Gasteiger partial charge in [-0.2, -0.15) is 0 Å². The zero-order chi connectivity index (χ0) is 18.4. The maximum Gasteiger partial charge on any atom is 0.236 e. The molecule has 0 unspecified atom stereocenters. The van der Waals surface area contributed by atoms with Crippen molar-refractivity contribution in [1.29, 1.82) is 0 Å². The van der Waals surface area contributed by atoms with Gasteiger partial charge in [0.25, 0.3) is 0 Å². The number of nitrogens with zero attached hydrogens (tertiary/aromatic N) is 2. The maximum absolute atomic E-state index is 12.7. The minimum atomic E-state index is -3.34. The van der Waals surface area contributed by atoms with Crippen molar-refractivity contribution in [3.63, 3.8) is 0 Å². The average Bonchev–Trinajstić information content (AvgIpc) is 3.30. The highest BCUT2D eigenvalue weighted by Gasteiger charge is 2.28. The summed E-state index contributed by atoms with van der Waals surface area (Å²) in [6.07, 6.45) is 1.69. The Balaban J connectivity index is 1.47. The van der Waals surface area contributed by atoms with E-state index in [0.29, 0.717) is 19.0 Å². The molecule has 0 atom stereocenters. The molecular formula is C18H24N4O2S2. The summed E-state index contributed by atoms with van der Waals surface area (Å²) in [5, 5.41) is 8.37. The largest absolute Gasteiger partial charge is 0.356 e.